The Morgan fingerprint density at radius 2 is 1.94 bits per heavy atom. The fourth-order valence-electron chi connectivity index (χ4n) is 2.59. The highest BCUT2D eigenvalue weighted by Gasteiger charge is 2.15. The van der Waals surface area contributed by atoms with Crippen LogP contribution in [0.2, 0.25) is 0 Å². The van der Waals surface area contributed by atoms with Gasteiger partial charge >= 0.3 is 0 Å². The van der Waals surface area contributed by atoms with Crippen molar-refractivity contribution in [3.63, 3.8) is 0 Å². The molecular weight excluding hydrogens is 212 g/mol. The summed E-state index contributed by atoms with van der Waals surface area (Å²) in [5.74, 6) is 2.27. The Hall–Kier alpha value is -1.16. The van der Waals surface area contributed by atoms with Gasteiger partial charge in [-0.15, -0.1) is 0 Å². The van der Waals surface area contributed by atoms with E-state index in [4.69, 9.17) is 5.73 Å². The molecule has 0 spiro atoms. The molecule has 0 atom stereocenters. The summed E-state index contributed by atoms with van der Waals surface area (Å²) in [4.78, 5) is 8.65. The molecule has 0 saturated carbocycles. The standard InChI is InChI=1S/C13H22N4/c1-9-12(13(14)17-10(2)16-9)4-3-11-5-7-15-8-6-11/h11,15H,3-8H2,1-2H3,(H2,14,16,17). The Morgan fingerprint density at radius 1 is 1.24 bits per heavy atom. The summed E-state index contributed by atoms with van der Waals surface area (Å²) in [6.07, 6.45) is 4.79. The van der Waals surface area contributed by atoms with Gasteiger partial charge in [-0.05, 0) is 58.5 Å². The monoisotopic (exact) mass is 234 g/mol. The fourth-order valence-corrected chi connectivity index (χ4v) is 2.59. The quantitative estimate of drug-likeness (QED) is 0.834. The first-order chi connectivity index (χ1) is 8.16. The van der Waals surface area contributed by atoms with Crippen LogP contribution in [-0.2, 0) is 6.42 Å². The summed E-state index contributed by atoms with van der Waals surface area (Å²) >= 11 is 0. The topological polar surface area (TPSA) is 63.8 Å². The van der Waals surface area contributed by atoms with Crippen molar-refractivity contribution >= 4 is 5.82 Å². The lowest BCUT2D eigenvalue weighted by atomic mass is 9.91. The first-order valence-corrected chi connectivity index (χ1v) is 6.47. The minimum atomic E-state index is 0.670. The molecule has 1 aliphatic rings. The number of aromatic nitrogens is 2. The van der Waals surface area contributed by atoms with E-state index < -0.39 is 0 Å². The van der Waals surface area contributed by atoms with Crippen molar-refractivity contribution < 1.29 is 0 Å². The van der Waals surface area contributed by atoms with E-state index in [2.05, 4.69) is 15.3 Å². The van der Waals surface area contributed by atoms with Crippen LogP contribution in [0, 0.1) is 19.8 Å². The molecule has 0 bridgehead atoms. The SMILES string of the molecule is Cc1nc(C)c(CCC2CCNCC2)c(N)n1. The normalized spacial score (nSPS) is 17.3. The number of anilines is 1. The van der Waals surface area contributed by atoms with E-state index in [0.717, 1.165) is 42.5 Å². The van der Waals surface area contributed by atoms with Crippen molar-refractivity contribution in [2.45, 2.75) is 39.5 Å². The van der Waals surface area contributed by atoms with Crippen LogP contribution in [-0.4, -0.2) is 23.1 Å². The van der Waals surface area contributed by atoms with Gasteiger partial charge in [-0.1, -0.05) is 0 Å². The van der Waals surface area contributed by atoms with Crippen LogP contribution < -0.4 is 11.1 Å². The second kappa shape index (κ2) is 5.45. The molecule has 1 saturated heterocycles. The lowest BCUT2D eigenvalue weighted by Gasteiger charge is -2.22. The van der Waals surface area contributed by atoms with Gasteiger partial charge in [0.05, 0.1) is 0 Å². The summed E-state index contributed by atoms with van der Waals surface area (Å²) in [5.41, 5.74) is 8.17. The molecule has 1 aromatic rings. The molecule has 94 valence electrons. The molecule has 4 heteroatoms. The maximum Gasteiger partial charge on any atom is 0.130 e. The lowest BCUT2D eigenvalue weighted by Crippen LogP contribution is -2.28. The highest BCUT2D eigenvalue weighted by atomic mass is 14.9. The number of hydrogen-bond donors (Lipinski definition) is 2. The maximum absolute atomic E-state index is 5.97. The van der Waals surface area contributed by atoms with Crippen molar-refractivity contribution in [2.75, 3.05) is 18.8 Å². The molecule has 0 unspecified atom stereocenters. The Bertz CT molecular complexity index is 360. The van der Waals surface area contributed by atoms with Gasteiger partial charge in [0.15, 0.2) is 0 Å². The van der Waals surface area contributed by atoms with E-state index in [1.54, 1.807) is 0 Å². The molecule has 0 radical (unpaired) electrons. The number of rotatable bonds is 3. The van der Waals surface area contributed by atoms with Crippen LogP contribution in [0.3, 0.4) is 0 Å². The zero-order valence-corrected chi connectivity index (χ0v) is 10.8. The largest absolute Gasteiger partial charge is 0.383 e. The molecule has 0 aromatic carbocycles. The number of piperidine rings is 1. The second-order valence-corrected chi connectivity index (χ2v) is 4.95. The van der Waals surface area contributed by atoms with Gasteiger partial charge in [0.1, 0.15) is 11.6 Å². The van der Waals surface area contributed by atoms with E-state index in [-0.39, 0.29) is 0 Å². The number of hydrogen-bond acceptors (Lipinski definition) is 4. The van der Waals surface area contributed by atoms with Gasteiger partial charge in [-0.3, -0.25) is 0 Å². The minimum absolute atomic E-state index is 0.670. The van der Waals surface area contributed by atoms with E-state index in [1.165, 1.54) is 19.3 Å². The van der Waals surface area contributed by atoms with E-state index >= 15 is 0 Å². The number of aryl methyl sites for hydroxylation is 2. The van der Waals surface area contributed by atoms with Gasteiger partial charge in [-0.25, -0.2) is 9.97 Å². The minimum Gasteiger partial charge on any atom is -0.383 e. The maximum atomic E-state index is 5.97. The Labute approximate surface area is 103 Å². The summed E-state index contributed by atoms with van der Waals surface area (Å²) in [6, 6.07) is 0. The average Bonchev–Trinajstić information content (AvgIpc) is 2.29. The molecule has 0 amide bonds. The van der Waals surface area contributed by atoms with Gasteiger partial charge in [0.2, 0.25) is 0 Å². The summed E-state index contributed by atoms with van der Waals surface area (Å²) < 4.78 is 0. The van der Waals surface area contributed by atoms with Crippen molar-refractivity contribution in [1.29, 1.82) is 0 Å². The van der Waals surface area contributed by atoms with E-state index in [9.17, 15) is 0 Å². The van der Waals surface area contributed by atoms with Crippen molar-refractivity contribution in [1.82, 2.24) is 15.3 Å². The van der Waals surface area contributed by atoms with Crippen LogP contribution in [0.15, 0.2) is 0 Å². The number of nitrogens with two attached hydrogens (primary N) is 1. The molecule has 1 aliphatic heterocycles. The molecular formula is C13H22N4. The van der Waals surface area contributed by atoms with Crippen LogP contribution >= 0.6 is 0 Å². The Morgan fingerprint density at radius 3 is 2.59 bits per heavy atom. The number of nitrogen functional groups attached to an aromatic ring is 1. The van der Waals surface area contributed by atoms with E-state index in [0.29, 0.717) is 5.82 Å². The molecule has 1 aromatic heterocycles. The lowest BCUT2D eigenvalue weighted by molar-refractivity contribution is 0.354. The molecule has 2 heterocycles. The van der Waals surface area contributed by atoms with Gasteiger partial charge in [0, 0.05) is 11.3 Å². The molecule has 17 heavy (non-hydrogen) atoms. The van der Waals surface area contributed by atoms with Crippen LogP contribution in [0.25, 0.3) is 0 Å². The molecule has 0 aliphatic carbocycles. The average molecular weight is 234 g/mol. The first kappa shape index (κ1) is 12.3. The van der Waals surface area contributed by atoms with Crippen molar-refractivity contribution in [3.05, 3.63) is 17.1 Å². The third-order valence-electron chi connectivity index (χ3n) is 3.62. The van der Waals surface area contributed by atoms with Gasteiger partial charge in [0.25, 0.3) is 0 Å². The van der Waals surface area contributed by atoms with Crippen molar-refractivity contribution in [2.24, 2.45) is 5.92 Å². The zero-order valence-electron chi connectivity index (χ0n) is 10.8. The van der Waals surface area contributed by atoms with Crippen molar-refractivity contribution in [3.8, 4) is 0 Å². The molecule has 1 fully saturated rings. The zero-order chi connectivity index (χ0) is 12.3. The van der Waals surface area contributed by atoms with Gasteiger partial charge < -0.3 is 11.1 Å². The summed E-state index contributed by atoms with van der Waals surface area (Å²) in [5, 5.41) is 3.39. The summed E-state index contributed by atoms with van der Waals surface area (Å²) in [6.45, 7) is 6.23. The van der Waals surface area contributed by atoms with Gasteiger partial charge in [-0.2, -0.15) is 0 Å². The highest BCUT2D eigenvalue weighted by molar-refractivity contribution is 5.41. The van der Waals surface area contributed by atoms with Crippen LogP contribution in [0.5, 0.6) is 0 Å². The predicted molar refractivity (Wildman–Crippen MR) is 69.8 cm³/mol. The van der Waals surface area contributed by atoms with E-state index in [1.807, 2.05) is 13.8 Å². The molecule has 2 rings (SSSR count). The highest BCUT2D eigenvalue weighted by Crippen LogP contribution is 2.22. The third-order valence-corrected chi connectivity index (χ3v) is 3.62. The Balaban J connectivity index is 1.98. The van der Waals surface area contributed by atoms with Crippen LogP contribution in [0.1, 0.15) is 36.3 Å². The Kier molecular flexibility index (Phi) is 3.94. The second-order valence-electron chi connectivity index (χ2n) is 4.95. The van der Waals surface area contributed by atoms with Crippen LogP contribution in [0.4, 0.5) is 5.82 Å². The first-order valence-electron chi connectivity index (χ1n) is 6.47. The number of nitrogens with one attached hydrogen (secondary N) is 1. The molecule has 3 N–H and O–H groups in total. The smallest absolute Gasteiger partial charge is 0.130 e. The molecule has 4 nitrogen and oxygen atoms in total. The fraction of sp³-hybridized carbons (Fsp3) is 0.692. The summed E-state index contributed by atoms with van der Waals surface area (Å²) in [7, 11) is 0. The number of nitrogens with zero attached hydrogens (tertiary/aromatic N) is 2. The predicted octanol–water partition coefficient (Wildman–Crippen LogP) is 1.61. The third kappa shape index (κ3) is 3.16.